The molecule has 0 bridgehead atoms. The van der Waals surface area contributed by atoms with Crippen molar-refractivity contribution in [1.82, 2.24) is 15.5 Å². The number of carbonyl (C=O) groups is 3. The van der Waals surface area contributed by atoms with Crippen molar-refractivity contribution in [1.29, 1.82) is 0 Å². The average Bonchev–Trinajstić information content (AvgIpc) is 3.55. The number of alkyl carbamates (subject to hydrolysis) is 2. The van der Waals surface area contributed by atoms with Gasteiger partial charge in [-0.2, -0.15) is 0 Å². The summed E-state index contributed by atoms with van der Waals surface area (Å²) in [6.45, 7) is 6.36. The molecule has 3 amide bonds. The summed E-state index contributed by atoms with van der Waals surface area (Å²) in [7, 11) is 0. The number of nitrogens with one attached hydrogen (secondary N) is 2. The first-order valence-electron chi connectivity index (χ1n) is 12.0. The van der Waals surface area contributed by atoms with Gasteiger partial charge in [0.15, 0.2) is 0 Å². The predicted molar refractivity (Wildman–Crippen MR) is 145 cm³/mol. The summed E-state index contributed by atoms with van der Waals surface area (Å²) < 4.78 is 10.6. The van der Waals surface area contributed by atoms with Gasteiger partial charge in [-0.1, -0.05) is 42.5 Å². The molecule has 198 valence electrons. The van der Waals surface area contributed by atoms with E-state index in [0.717, 1.165) is 15.3 Å². The van der Waals surface area contributed by atoms with Crippen molar-refractivity contribution in [2.45, 2.75) is 58.5 Å². The van der Waals surface area contributed by atoms with Gasteiger partial charge in [0.05, 0.1) is 13.1 Å². The normalized spacial score (nSPS) is 11.9. The number of nitrogens with zero attached hydrogens (tertiary/aromatic N) is 1. The van der Waals surface area contributed by atoms with Gasteiger partial charge < -0.3 is 25.0 Å². The molecule has 0 aliphatic carbocycles. The SMILES string of the molecule is CC(C)(C)OC(=O)N[C@@H](CCNC(=O)OCc1ccccc1)C(=O)N(Cc1cccs1)Cc1cccs1. The summed E-state index contributed by atoms with van der Waals surface area (Å²) in [5.74, 6) is -0.257. The lowest BCUT2D eigenvalue weighted by molar-refractivity contribution is -0.134. The molecular formula is C27H33N3O5S2. The standard InChI is InChI=1S/C27H33N3O5S2/c1-27(2,3)35-26(33)29-23(13-14-28-25(32)34-19-20-9-5-4-6-10-20)24(31)30(17-21-11-7-15-36-21)18-22-12-8-16-37-22/h4-12,15-16,23H,13-14,17-19H2,1-3H3,(H,28,32)(H,29,33)/t23-/m0/s1. The van der Waals surface area contributed by atoms with Gasteiger partial charge in [0, 0.05) is 16.3 Å². The van der Waals surface area contributed by atoms with E-state index >= 15 is 0 Å². The highest BCUT2D eigenvalue weighted by Gasteiger charge is 2.29. The van der Waals surface area contributed by atoms with Crippen LogP contribution in [0.15, 0.2) is 65.4 Å². The zero-order valence-corrected chi connectivity index (χ0v) is 22.9. The van der Waals surface area contributed by atoms with Crippen LogP contribution in [0.4, 0.5) is 9.59 Å². The highest BCUT2D eigenvalue weighted by atomic mass is 32.1. The first kappa shape index (κ1) is 28.2. The fraction of sp³-hybridized carbons (Fsp3) is 0.370. The minimum Gasteiger partial charge on any atom is -0.445 e. The van der Waals surface area contributed by atoms with Crippen molar-refractivity contribution >= 4 is 40.8 Å². The highest BCUT2D eigenvalue weighted by Crippen LogP contribution is 2.19. The third-order valence-electron chi connectivity index (χ3n) is 5.07. The van der Waals surface area contributed by atoms with Crippen LogP contribution in [0.25, 0.3) is 0 Å². The molecule has 37 heavy (non-hydrogen) atoms. The van der Waals surface area contributed by atoms with Crippen LogP contribution in [-0.4, -0.2) is 41.2 Å². The van der Waals surface area contributed by atoms with Gasteiger partial charge in [-0.25, -0.2) is 9.59 Å². The van der Waals surface area contributed by atoms with Crippen LogP contribution in [0.1, 0.15) is 42.5 Å². The van der Waals surface area contributed by atoms with Crippen LogP contribution in [0.2, 0.25) is 0 Å². The van der Waals surface area contributed by atoms with Gasteiger partial charge in [0.25, 0.3) is 0 Å². The molecule has 0 saturated heterocycles. The monoisotopic (exact) mass is 543 g/mol. The molecule has 1 aromatic carbocycles. The molecule has 0 fully saturated rings. The van der Waals surface area contributed by atoms with Gasteiger partial charge >= 0.3 is 12.2 Å². The van der Waals surface area contributed by atoms with E-state index in [4.69, 9.17) is 9.47 Å². The molecule has 0 spiro atoms. The van der Waals surface area contributed by atoms with Crippen molar-refractivity contribution in [2.75, 3.05) is 6.54 Å². The predicted octanol–water partition coefficient (Wildman–Crippen LogP) is 5.55. The lowest BCUT2D eigenvalue weighted by atomic mass is 10.1. The molecule has 2 aromatic heterocycles. The van der Waals surface area contributed by atoms with E-state index in [2.05, 4.69) is 10.6 Å². The first-order chi connectivity index (χ1) is 17.7. The maximum atomic E-state index is 13.7. The Balaban J connectivity index is 1.65. The third-order valence-corrected chi connectivity index (χ3v) is 6.79. The Labute approximate surface area is 225 Å². The van der Waals surface area contributed by atoms with Crippen LogP contribution in [-0.2, 0) is 34.0 Å². The van der Waals surface area contributed by atoms with E-state index in [0.29, 0.717) is 13.1 Å². The number of amides is 3. The fourth-order valence-corrected chi connectivity index (χ4v) is 4.85. The molecule has 2 N–H and O–H groups in total. The maximum Gasteiger partial charge on any atom is 0.408 e. The minimum absolute atomic E-state index is 0.131. The maximum absolute atomic E-state index is 13.7. The Morgan fingerprint density at radius 2 is 1.51 bits per heavy atom. The number of ether oxygens (including phenoxy) is 2. The van der Waals surface area contributed by atoms with Crippen LogP contribution in [0, 0.1) is 0 Å². The number of hydrogen-bond acceptors (Lipinski definition) is 7. The van der Waals surface area contributed by atoms with Crippen molar-refractivity contribution in [3.8, 4) is 0 Å². The second-order valence-electron chi connectivity index (χ2n) is 9.33. The summed E-state index contributed by atoms with van der Waals surface area (Å²) in [6, 6.07) is 16.3. The molecule has 0 aliphatic heterocycles. The summed E-state index contributed by atoms with van der Waals surface area (Å²) >= 11 is 3.13. The number of carbonyl (C=O) groups excluding carboxylic acids is 3. The second kappa shape index (κ2) is 13.8. The van der Waals surface area contributed by atoms with Crippen molar-refractivity contribution in [3.05, 3.63) is 80.7 Å². The van der Waals surface area contributed by atoms with E-state index < -0.39 is 23.8 Å². The van der Waals surface area contributed by atoms with Gasteiger partial charge in [-0.05, 0) is 55.6 Å². The molecule has 0 unspecified atom stereocenters. The molecule has 0 aliphatic rings. The Bertz CT molecular complexity index is 1080. The van der Waals surface area contributed by atoms with Crippen molar-refractivity contribution in [2.24, 2.45) is 0 Å². The van der Waals surface area contributed by atoms with Crippen molar-refractivity contribution in [3.63, 3.8) is 0 Å². The zero-order valence-electron chi connectivity index (χ0n) is 21.3. The lowest BCUT2D eigenvalue weighted by Crippen LogP contribution is -2.50. The van der Waals surface area contributed by atoms with Crippen LogP contribution >= 0.6 is 22.7 Å². The van der Waals surface area contributed by atoms with E-state index in [1.165, 1.54) is 0 Å². The molecule has 2 heterocycles. The highest BCUT2D eigenvalue weighted by molar-refractivity contribution is 7.10. The van der Waals surface area contributed by atoms with Gasteiger partial charge in [0.2, 0.25) is 5.91 Å². The summed E-state index contributed by atoms with van der Waals surface area (Å²) in [5.41, 5.74) is 0.153. The van der Waals surface area contributed by atoms with Gasteiger partial charge in [-0.15, -0.1) is 22.7 Å². The summed E-state index contributed by atoms with van der Waals surface area (Å²) in [6.07, 6.45) is -1.12. The molecule has 8 nitrogen and oxygen atoms in total. The largest absolute Gasteiger partial charge is 0.445 e. The Morgan fingerprint density at radius 1 is 0.892 bits per heavy atom. The Hall–Kier alpha value is -3.37. The molecule has 0 radical (unpaired) electrons. The zero-order chi connectivity index (χ0) is 26.7. The topological polar surface area (TPSA) is 97.0 Å². The quantitative estimate of drug-likeness (QED) is 0.331. The van der Waals surface area contributed by atoms with Crippen molar-refractivity contribution < 1.29 is 23.9 Å². The second-order valence-corrected chi connectivity index (χ2v) is 11.4. The van der Waals surface area contributed by atoms with Crippen LogP contribution in [0.5, 0.6) is 0 Å². The third kappa shape index (κ3) is 10.3. The number of hydrogen-bond donors (Lipinski definition) is 2. The molecule has 1 atom stereocenters. The number of thiophene rings is 2. The minimum atomic E-state index is -0.899. The fourth-order valence-electron chi connectivity index (χ4n) is 3.41. The van der Waals surface area contributed by atoms with E-state index in [-0.39, 0.29) is 25.5 Å². The van der Waals surface area contributed by atoms with Gasteiger partial charge in [0.1, 0.15) is 18.2 Å². The molecule has 0 saturated carbocycles. The average molecular weight is 544 g/mol. The Morgan fingerprint density at radius 3 is 2.05 bits per heavy atom. The Kier molecular flexibility index (Phi) is 10.5. The van der Waals surface area contributed by atoms with E-state index in [9.17, 15) is 14.4 Å². The molecule has 10 heteroatoms. The first-order valence-corrected chi connectivity index (χ1v) is 13.7. The van der Waals surface area contributed by atoms with Crippen LogP contribution in [0.3, 0.4) is 0 Å². The molecular weight excluding hydrogens is 510 g/mol. The molecule has 3 rings (SSSR count). The number of benzene rings is 1. The summed E-state index contributed by atoms with van der Waals surface area (Å²) in [4.78, 5) is 42.3. The van der Waals surface area contributed by atoms with E-state index in [1.54, 1.807) is 48.3 Å². The number of rotatable bonds is 11. The summed E-state index contributed by atoms with van der Waals surface area (Å²) in [5, 5.41) is 9.30. The van der Waals surface area contributed by atoms with Gasteiger partial charge in [-0.3, -0.25) is 4.79 Å². The van der Waals surface area contributed by atoms with E-state index in [1.807, 2.05) is 65.4 Å². The lowest BCUT2D eigenvalue weighted by Gasteiger charge is -2.28. The molecule has 3 aromatic rings. The van der Waals surface area contributed by atoms with Crippen LogP contribution < -0.4 is 10.6 Å². The smallest absolute Gasteiger partial charge is 0.408 e.